The summed E-state index contributed by atoms with van der Waals surface area (Å²) in [5.74, 6) is -0.435. The van der Waals surface area contributed by atoms with Gasteiger partial charge in [0, 0.05) is 6.42 Å². The number of carbonyl (C=O) groups is 1. The Hall–Kier alpha value is -2.20. The largest absolute Gasteiger partial charge is 0.370 e. The van der Waals surface area contributed by atoms with Crippen molar-refractivity contribution in [2.24, 2.45) is 11.5 Å². The first-order valence-electron chi connectivity index (χ1n) is 6.89. The lowest BCUT2D eigenvalue weighted by Crippen LogP contribution is -2.12. The van der Waals surface area contributed by atoms with Crippen LogP contribution in [-0.2, 0) is 17.6 Å². The van der Waals surface area contributed by atoms with Crippen LogP contribution in [0, 0.1) is 5.82 Å². The van der Waals surface area contributed by atoms with E-state index in [2.05, 4.69) is 0 Å². The predicted octanol–water partition coefficient (Wildman–Crippen LogP) is 2.43. The fraction of sp³-hybridized carbons (Fsp3) is 0.235. The van der Waals surface area contributed by atoms with Gasteiger partial charge in [-0.25, -0.2) is 4.39 Å². The molecule has 0 radical (unpaired) electrons. The molecule has 0 spiro atoms. The first-order chi connectivity index (χ1) is 10.1. The molecule has 4 heteroatoms. The van der Waals surface area contributed by atoms with Crippen molar-refractivity contribution in [3.8, 4) is 0 Å². The summed E-state index contributed by atoms with van der Waals surface area (Å²) < 4.78 is 11.9. The maximum Gasteiger partial charge on any atom is 0.217 e. The van der Waals surface area contributed by atoms with Gasteiger partial charge in [0.1, 0.15) is 5.82 Å². The van der Waals surface area contributed by atoms with Crippen LogP contribution < -0.4 is 11.5 Å². The van der Waals surface area contributed by atoms with Crippen LogP contribution in [-0.4, -0.2) is 12.5 Å². The first kappa shape index (κ1) is 16.9. The van der Waals surface area contributed by atoms with Crippen molar-refractivity contribution in [1.82, 2.24) is 0 Å². The number of carbonyl (C=O) groups excluding carboxylic acids is 1. The number of hydrogen-bond acceptors (Lipinski definition) is 2. The number of aryl methyl sites for hydroxylation is 1. The van der Waals surface area contributed by atoms with E-state index in [4.69, 9.17) is 11.5 Å². The average Bonchev–Trinajstić information content (AvgIpc) is 2.48. The van der Waals surface area contributed by atoms with E-state index in [1.165, 1.54) is 23.3 Å². The number of rotatable bonds is 5. The topological polar surface area (TPSA) is 69.1 Å². The van der Waals surface area contributed by atoms with Gasteiger partial charge in [-0.3, -0.25) is 4.79 Å². The lowest BCUT2D eigenvalue weighted by molar-refractivity contribution is -0.117. The third-order valence-corrected chi connectivity index (χ3v) is 2.91. The van der Waals surface area contributed by atoms with Crippen molar-refractivity contribution in [3.63, 3.8) is 0 Å². The van der Waals surface area contributed by atoms with Crippen LogP contribution in [0.4, 0.5) is 4.39 Å². The van der Waals surface area contributed by atoms with E-state index >= 15 is 0 Å². The number of primary amides is 1. The smallest absolute Gasteiger partial charge is 0.217 e. The quantitative estimate of drug-likeness (QED) is 0.887. The van der Waals surface area contributed by atoms with E-state index in [-0.39, 0.29) is 11.7 Å². The number of hydrogen-bond donors (Lipinski definition) is 2. The van der Waals surface area contributed by atoms with Gasteiger partial charge >= 0.3 is 0 Å². The van der Waals surface area contributed by atoms with E-state index in [0.717, 1.165) is 6.42 Å². The molecule has 0 aliphatic rings. The van der Waals surface area contributed by atoms with Crippen LogP contribution in [0.1, 0.15) is 17.5 Å². The molecule has 2 aromatic carbocycles. The standard InChI is InChI=1S/C11H16N2O.C6H5F/c12-8-7-10-4-2-1-3-9(10)5-6-11(13)14;7-6-4-2-1-3-5-6/h1-4H,5-8,12H2,(H2,13,14);1-5H. The van der Waals surface area contributed by atoms with Gasteiger partial charge in [0.05, 0.1) is 0 Å². The van der Waals surface area contributed by atoms with Crippen molar-refractivity contribution in [3.05, 3.63) is 71.5 Å². The predicted molar refractivity (Wildman–Crippen MR) is 83.1 cm³/mol. The maximum atomic E-state index is 11.9. The molecule has 0 atom stereocenters. The molecule has 0 heterocycles. The van der Waals surface area contributed by atoms with Crippen molar-refractivity contribution < 1.29 is 9.18 Å². The van der Waals surface area contributed by atoms with E-state index in [9.17, 15) is 9.18 Å². The molecule has 0 unspecified atom stereocenters. The van der Waals surface area contributed by atoms with Gasteiger partial charge in [-0.2, -0.15) is 0 Å². The zero-order chi connectivity index (χ0) is 15.5. The Labute approximate surface area is 124 Å². The second-order valence-electron chi connectivity index (χ2n) is 4.57. The average molecular weight is 288 g/mol. The van der Waals surface area contributed by atoms with Crippen LogP contribution in [0.25, 0.3) is 0 Å². The van der Waals surface area contributed by atoms with Gasteiger partial charge in [0.25, 0.3) is 0 Å². The van der Waals surface area contributed by atoms with Gasteiger partial charge in [-0.15, -0.1) is 0 Å². The summed E-state index contributed by atoms with van der Waals surface area (Å²) in [4.78, 5) is 10.6. The van der Waals surface area contributed by atoms with Crippen LogP contribution >= 0.6 is 0 Å². The Bertz CT molecular complexity index is 543. The van der Waals surface area contributed by atoms with Crippen molar-refractivity contribution in [2.45, 2.75) is 19.3 Å². The molecule has 2 aromatic rings. The minimum absolute atomic E-state index is 0.178. The fourth-order valence-electron chi connectivity index (χ4n) is 1.87. The highest BCUT2D eigenvalue weighted by molar-refractivity contribution is 5.74. The van der Waals surface area contributed by atoms with Crippen LogP contribution in [0.5, 0.6) is 0 Å². The first-order valence-corrected chi connectivity index (χ1v) is 6.89. The second-order valence-corrected chi connectivity index (χ2v) is 4.57. The summed E-state index contributed by atoms with van der Waals surface area (Å²) in [5, 5.41) is 0. The van der Waals surface area contributed by atoms with Crippen molar-refractivity contribution in [2.75, 3.05) is 6.54 Å². The summed E-state index contributed by atoms with van der Waals surface area (Å²) in [5.41, 5.74) is 13.0. The van der Waals surface area contributed by atoms with Gasteiger partial charge in [-0.1, -0.05) is 42.5 Å². The summed E-state index contributed by atoms with van der Waals surface area (Å²) >= 11 is 0. The normalized spacial score (nSPS) is 9.62. The Kier molecular flexibility index (Phi) is 7.76. The minimum atomic E-state index is -0.257. The summed E-state index contributed by atoms with van der Waals surface area (Å²) in [6.07, 6.45) is 1.97. The van der Waals surface area contributed by atoms with Crippen molar-refractivity contribution in [1.29, 1.82) is 0 Å². The molecule has 0 aliphatic heterocycles. The summed E-state index contributed by atoms with van der Waals surface area (Å²) in [6.45, 7) is 0.633. The molecule has 0 aliphatic carbocycles. The van der Waals surface area contributed by atoms with Gasteiger partial charge in [-0.05, 0) is 42.6 Å². The van der Waals surface area contributed by atoms with Gasteiger partial charge < -0.3 is 11.5 Å². The zero-order valence-corrected chi connectivity index (χ0v) is 12.0. The van der Waals surface area contributed by atoms with Crippen LogP contribution in [0.2, 0.25) is 0 Å². The SMILES string of the molecule is Fc1ccccc1.NCCc1ccccc1CCC(N)=O. The Balaban J connectivity index is 0.000000262. The lowest BCUT2D eigenvalue weighted by atomic mass is 10.0. The number of halogens is 1. The minimum Gasteiger partial charge on any atom is -0.370 e. The molecular weight excluding hydrogens is 267 g/mol. The molecule has 0 bridgehead atoms. The Morgan fingerprint density at radius 3 is 1.86 bits per heavy atom. The lowest BCUT2D eigenvalue weighted by Gasteiger charge is -2.06. The molecule has 0 saturated heterocycles. The third kappa shape index (κ3) is 7.22. The van der Waals surface area contributed by atoms with E-state index in [0.29, 0.717) is 19.4 Å². The van der Waals surface area contributed by atoms with Gasteiger partial charge in [0.2, 0.25) is 5.91 Å². The third-order valence-electron chi connectivity index (χ3n) is 2.91. The maximum absolute atomic E-state index is 11.9. The molecule has 2 rings (SSSR count). The Morgan fingerprint density at radius 2 is 1.43 bits per heavy atom. The summed E-state index contributed by atoms with van der Waals surface area (Å²) in [6, 6.07) is 16.0. The highest BCUT2D eigenvalue weighted by Gasteiger charge is 2.02. The Morgan fingerprint density at radius 1 is 0.905 bits per heavy atom. The van der Waals surface area contributed by atoms with Crippen molar-refractivity contribution >= 4 is 5.91 Å². The molecule has 0 aromatic heterocycles. The van der Waals surface area contributed by atoms with Crippen LogP contribution in [0.3, 0.4) is 0 Å². The molecular formula is C17H21FN2O. The highest BCUT2D eigenvalue weighted by Crippen LogP contribution is 2.11. The number of nitrogens with two attached hydrogens (primary N) is 2. The fourth-order valence-corrected chi connectivity index (χ4v) is 1.87. The highest BCUT2D eigenvalue weighted by atomic mass is 19.1. The van der Waals surface area contributed by atoms with E-state index in [1.54, 1.807) is 18.2 Å². The second kappa shape index (κ2) is 9.66. The molecule has 4 N–H and O–H groups in total. The molecule has 0 saturated carbocycles. The number of benzene rings is 2. The van der Waals surface area contributed by atoms with Gasteiger partial charge in [0.15, 0.2) is 0 Å². The molecule has 3 nitrogen and oxygen atoms in total. The zero-order valence-electron chi connectivity index (χ0n) is 12.0. The molecule has 21 heavy (non-hydrogen) atoms. The van der Waals surface area contributed by atoms with Crippen LogP contribution in [0.15, 0.2) is 54.6 Å². The molecule has 1 amide bonds. The monoisotopic (exact) mass is 288 g/mol. The molecule has 112 valence electrons. The van der Waals surface area contributed by atoms with E-state index < -0.39 is 0 Å². The van der Waals surface area contributed by atoms with E-state index in [1.807, 2.05) is 24.3 Å². The number of amides is 1. The molecule has 0 fully saturated rings. The summed E-state index contributed by atoms with van der Waals surface area (Å²) in [7, 11) is 0.